The highest BCUT2D eigenvalue weighted by Gasteiger charge is 2.04. The average molecular weight is 233 g/mol. The Balaban J connectivity index is 2.28. The minimum absolute atomic E-state index is 0.198. The first-order valence-corrected chi connectivity index (χ1v) is 6.62. The first kappa shape index (κ1) is 11.2. The summed E-state index contributed by atoms with van der Waals surface area (Å²) in [6, 6.07) is 15.0. The molecule has 83 valence electrons. The Morgan fingerprint density at radius 3 is 1.81 bits per heavy atom. The van der Waals surface area contributed by atoms with Crippen molar-refractivity contribution in [1.82, 2.24) is 0 Å². The van der Waals surface area contributed by atoms with Crippen LogP contribution < -0.4 is 0 Å². The number of benzene rings is 2. The van der Waals surface area contributed by atoms with Gasteiger partial charge in [0.1, 0.15) is 5.82 Å². The fourth-order valence-electron chi connectivity index (χ4n) is 1.49. The van der Waals surface area contributed by atoms with E-state index in [9.17, 15) is 4.39 Å². The third kappa shape index (κ3) is 2.45. The molecule has 0 aliphatic carbocycles. The Kier molecular flexibility index (Phi) is 3.30. The first-order valence-electron chi connectivity index (χ1n) is 5.10. The molecule has 1 radical (unpaired) electrons. The second-order valence-corrected chi connectivity index (χ2v) is 5.63. The van der Waals surface area contributed by atoms with Gasteiger partial charge in [-0.05, 0) is 59.4 Å². The zero-order chi connectivity index (χ0) is 11.5. The van der Waals surface area contributed by atoms with Gasteiger partial charge in [0.2, 0.25) is 0 Å². The summed E-state index contributed by atoms with van der Waals surface area (Å²) in [5.74, 6) is -0.198. The number of halogens is 1. The summed E-state index contributed by atoms with van der Waals surface area (Å²) in [7, 11) is -0.612. The predicted octanol–water partition coefficient (Wildman–Crippen LogP) is 4.34. The van der Waals surface area contributed by atoms with E-state index in [1.807, 2.05) is 12.1 Å². The third-order valence-corrected chi connectivity index (χ3v) is 4.33. The normalized spacial score (nSPS) is 13.6. The van der Waals surface area contributed by atoms with Crippen LogP contribution in [0.4, 0.5) is 4.39 Å². The molecule has 0 aromatic heterocycles. The van der Waals surface area contributed by atoms with Crippen LogP contribution in [0.15, 0.2) is 58.3 Å². The standard InChI is InChI=1S/C14H14FS/c1-11-3-7-13(8-4-11)16(2)14-9-5-12(15)6-10-14/h3-10,16H,2H2,1H3. The summed E-state index contributed by atoms with van der Waals surface area (Å²) < 4.78 is 12.8. The Labute approximate surface area is 98.5 Å². The fourth-order valence-corrected chi connectivity index (χ4v) is 2.81. The van der Waals surface area contributed by atoms with E-state index >= 15 is 0 Å². The van der Waals surface area contributed by atoms with Crippen LogP contribution in [-0.4, -0.2) is 0 Å². The third-order valence-electron chi connectivity index (χ3n) is 2.48. The molecule has 0 amide bonds. The molecule has 2 aromatic rings. The Bertz CT molecular complexity index is 414. The van der Waals surface area contributed by atoms with Gasteiger partial charge in [0.05, 0.1) is 0 Å². The second kappa shape index (κ2) is 4.71. The highest BCUT2D eigenvalue weighted by molar-refractivity contribution is 8.18. The Morgan fingerprint density at radius 2 is 1.31 bits per heavy atom. The lowest BCUT2D eigenvalue weighted by Crippen LogP contribution is -1.83. The fraction of sp³-hybridized carbons (Fsp3) is 0.0714. The van der Waals surface area contributed by atoms with Crippen molar-refractivity contribution in [3.8, 4) is 0 Å². The summed E-state index contributed by atoms with van der Waals surface area (Å²) in [4.78, 5) is 2.31. The predicted molar refractivity (Wildman–Crippen MR) is 68.5 cm³/mol. The lowest BCUT2D eigenvalue weighted by Gasteiger charge is -2.16. The molecule has 0 bridgehead atoms. The van der Waals surface area contributed by atoms with Crippen LogP contribution in [0.2, 0.25) is 0 Å². The van der Waals surface area contributed by atoms with Crippen molar-refractivity contribution in [2.24, 2.45) is 0 Å². The van der Waals surface area contributed by atoms with Gasteiger partial charge in [-0.25, -0.2) is 4.39 Å². The van der Waals surface area contributed by atoms with Crippen molar-refractivity contribution in [3.63, 3.8) is 0 Å². The molecule has 0 N–H and O–H groups in total. The highest BCUT2D eigenvalue weighted by Crippen LogP contribution is 2.42. The summed E-state index contributed by atoms with van der Waals surface area (Å²) in [6.45, 7) is 2.06. The number of hydrogen-bond acceptors (Lipinski definition) is 0. The van der Waals surface area contributed by atoms with Crippen molar-refractivity contribution in [2.75, 3.05) is 0 Å². The second-order valence-electron chi connectivity index (χ2n) is 3.74. The maximum atomic E-state index is 12.8. The van der Waals surface area contributed by atoms with E-state index in [0.29, 0.717) is 0 Å². The van der Waals surface area contributed by atoms with E-state index in [2.05, 4.69) is 37.4 Å². The van der Waals surface area contributed by atoms with Gasteiger partial charge in [-0.3, -0.25) is 0 Å². The average Bonchev–Trinajstić information content (AvgIpc) is 2.30. The minimum Gasteiger partial charge on any atom is -0.207 e. The van der Waals surface area contributed by atoms with Gasteiger partial charge in [0.15, 0.2) is 0 Å². The molecule has 0 aliphatic heterocycles. The van der Waals surface area contributed by atoms with Gasteiger partial charge in [-0.2, -0.15) is 10.9 Å². The number of thiol groups is 1. The van der Waals surface area contributed by atoms with E-state index in [0.717, 1.165) is 4.90 Å². The van der Waals surface area contributed by atoms with Crippen molar-refractivity contribution < 1.29 is 4.39 Å². The molecule has 0 saturated heterocycles. The lowest BCUT2D eigenvalue weighted by atomic mass is 10.2. The van der Waals surface area contributed by atoms with E-state index in [1.165, 1.54) is 22.6 Å². The SMILES string of the molecule is [CH2][SH](c1ccc(C)cc1)c1ccc(F)cc1. The number of rotatable bonds is 2. The lowest BCUT2D eigenvalue weighted by molar-refractivity contribution is 0.626. The molecule has 1 unspecified atom stereocenters. The van der Waals surface area contributed by atoms with Crippen LogP contribution >= 0.6 is 10.9 Å². The van der Waals surface area contributed by atoms with Crippen LogP contribution in [0.5, 0.6) is 0 Å². The Morgan fingerprint density at radius 1 is 0.875 bits per heavy atom. The van der Waals surface area contributed by atoms with Gasteiger partial charge < -0.3 is 0 Å². The minimum atomic E-state index is -0.612. The summed E-state index contributed by atoms with van der Waals surface area (Å²) >= 11 is 0. The zero-order valence-electron chi connectivity index (χ0n) is 9.15. The highest BCUT2D eigenvalue weighted by atomic mass is 32.2. The van der Waals surface area contributed by atoms with Crippen molar-refractivity contribution >= 4 is 10.9 Å². The van der Waals surface area contributed by atoms with Crippen molar-refractivity contribution in [2.45, 2.75) is 16.7 Å². The molecular formula is C14H14FS. The molecule has 0 saturated carbocycles. The number of hydrogen-bond donors (Lipinski definition) is 1. The van der Waals surface area contributed by atoms with Gasteiger partial charge in [-0.15, -0.1) is 0 Å². The van der Waals surface area contributed by atoms with Gasteiger partial charge in [0.25, 0.3) is 0 Å². The summed E-state index contributed by atoms with van der Waals surface area (Å²) in [5.41, 5.74) is 1.24. The molecule has 0 nitrogen and oxygen atoms in total. The number of aryl methyl sites for hydroxylation is 1. The first-order chi connectivity index (χ1) is 7.66. The van der Waals surface area contributed by atoms with Crippen LogP contribution in [0, 0.1) is 19.0 Å². The molecule has 1 atom stereocenters. The summed E-state index contributed by atoms with van der Waals surface area (Å²) in [5, 5.41) is 0. The monoisotopic (exact) mass is 233 g/mol. The summed E-state index contributed by atoms with van der Waals surface area (Å²) in [6.07, 6.45) is 4.18. The molecule has 0 heterocycles. The van der Waals surface area contributed by atoms with Gasteiger partial charge in [-0.1, -0.05) is 17.7 Å². The van der Waals surface area contributed by atoms with Gasteiger partial charge >= 0.3 is 0 Å². The van der Waals surface area contributed by atoms with Crippen LogP contribution in [-0.2, 0) is 0 Å². The van der Waals surface area contributed by atoms with Crippen molar-refractivity contribution in [1.29, 1.82) is 0 Å². The van der Waals surface area contributed by atoms with Crippen LogP contribution in [0.25, 0.3) is 0 Å². The molecule has 2 aromatic carbocycles. The quantitative estimate of drug-likeness (QED) is 0.733. The van der Waals surface area contributed by atoms with Gasteiger partial charge in [0, 0.05) is 0 Å². The maximum Gasteiger partial charge on any atom is 0.123 e. The molecule has 0 spiro atoms. The van der Waals surface area contributed by atoms with E-state index in [1.54, 1.807) is 0 Å². The topological polar surface area (TPSA) is 0 Å². The molecule has 0 aliphatic rings. The molecule has 16 heavy (non-hydrogen) atoms. The molecular weight excluding hydrogens is 219 g/mol. The smallest absolute Gasteiger partial charge is 0.123 e. The maximum absolute atomic E-state index is 12.8. The van der Waals surface area contributed by atoms with Crippen LogP contribution in [0.3, 0.4) is 0 Å². The molecule has 2 heteroatoms. The van der Waals surface area contributed by atoms with Crippen molar-refractivity contribution in [3.05, 3.63) is 66.2 Å². The zero-order valence-corrected chi connectivity index (χ0v) is 10.0. The van der Waals surface area contributed by atoms with E-state index < -0.39 is 10.9 Å². The largest absolute Gasteiger partial charge is 0.207 e. The van der Waals surface area contributed by atoms with E-state index in [4.69, 9.17) is 0 Å². The molecule has 0 fully saturated rings. The Hall–Kier alpha value is -1.28. The van der Waals surface area contributed by atoms with Crippen LogP contribution in [0.1, 0.15) is 5.56 Å². The van der Waals surface area contributed by atoms with E-state index in [-0.39, 0.29) is 5.82 Å². The molecule has 2 rings (SSSR count).